The van der Waals surface area contributed by atoms with Crippen molar-refractivity contribution in [3.05, 3.63) is 113 Å². The van der Waals surface area contributed by atoms with Gasteiger partial charge in [0.15, 0.2) is 0 Å². The normalized spacial score (nSPS) is 11.8. The predicted octanol–water partition coefficient (Wildman–Crippen LogP) is 4.83. The summed E-state index contributed by atoms with van der Waals surface area (Å²) in [5, 5.41) is 17.6. The van der Waals surface area contributed by atoms with Crippen molar-refractivity contribution in [3.8, 4) is 0 Å². The van der Waals surface area contributed by atoms with Crippen LogP contribution in [0.15, 0.2) is 106 Å². The highest BCUT2D eigenvalue weighted by Crippen LogP contribution is 2.21. The van der Waals surface area contributed by atoms with Crippen molar-refractivity contribution in [1.29, 1.82) is 0 Å². The van der Waals surface area contributed by atoms with E-state index in [1.54, 1.807) is 69.7 Å². The van der Waals surface area contributed by atoms with E-state index >= 15 is 0 Å². The summed E-state index contributed by atoms with van der Waals surface area (Å²) in [6.07, 6.45) is 0. The van der Waals surface area contributed by atoms with E-state index in [-0.39, 0.29) is 0 Å². The third kappa shape index (κ3) is 9.81. The molecule has 0 aliphatic heterocycles. The number of anilines is 5. The van der Waals surface area contributed by atoms with Crippen molar-refractivity contribution < 1.29 is 9.59 Å². The second-order valence-corrected chi connectivity index (χ2v) is 10.6. The van der Waals surface area contributed by atoms with Gasteiger partial charge in [0, 0.05) is 72.8 Å². The van der Waals surface area contributed by atoms with Gasteiger partial charge in [0.1, 0.15) is 17.5 Å². The van der Waals surface area contributed by atoms with Crippen LogP contribution in [0.4, 0.5) is 38.0 Å². The molecule has 13 heteroatoms. The number of benzene rings is 4. The molecule has 0 aliphatic rings. The maximum Gasteiger partial charge on any atom is 0.323 e. The van der Waals surface area contributed by atoms with Crippen LogP contribution in [0.3, 0.4) is 0 Å². The molecule has 0 spiro atoms. The molecule has 4 rings (SSSR count). The van der Waals surface area contributed by atoms with Crippen LogP contribution in [0.1, 0.15) is 22.3 Å². The summed E-state index contributed by atoms with van der Waals surface area (Å²) >= 11 is 0. The van der Waals surface area contributed by atoms with E-state index < -0.39 is 12.1 Å². The molecule has 13 nitrogen and oxygen atoms in total. The number of aliphatic imine (C=N–C) groups is 3. The fourth-order valence-electron chi connectivity index (χ4n) is 4.63. The monoisotopic (exact) mass is 647 g/mol. The number of amidine groups is 3. The summed E-state index contributed by atoms with van der Waals surface area (Å²) in [7, 11) is 5.20. The summed E-state index contributed by atoms with van der Waals surface area (Å²) in [4.78, 5) is 38.4. The van der Waals surface area contributed by atoms with E-state index in [0.717, 1.165) is 28.1 Å². The number of hydrogen-bond donors (Lipinski definition) is 8. The van der Waals surface area contributed by atoms with Gasteiger partial charge in [0.25, 0.3) is 0 Å². The maximum absolute atomic E-state index is 12.9. The highest BCUT2D eigenvalue weighted by atomic mass is 16.2. The lowest BCUT2D eigenvalue weighted by Crippen LogP contribution is -2.28. The van der Waals surface area contributed by atoms with Crippen LogP contribution in [-0.4, -0.2) is 63.8 Å². The topological polar surface area (TPSA) is 195 Å². The van der Waals surface area contributed by atoms with E-state index in [0.29, 0.717) is 53.2 Å². The summed E-state index contributed by atoms with van der Waals surface area (Å²) in [5.74, 6) is 1.87. The second kappa shape index (κ2) is 16.8. The number of amides is 4. The summed E-state index contributed by atoms with van der Waals surface area (Å²) in [6, 6.07) is 26.3. The Morgan fingerprint density at radius 1 is 0.667 bits per heavy atom. The van der Waals surface area contributed by atoms with Gasteiger partial charge in [-0.1, -0.05) is 6.07 Å². The molecule has 4 aromatic carbocycles. The number of urea groups is 2. The maximum atomic E-state index is 12.9. The molecule has 248 valence electrons. The highest BCUT2D eigenvalue weighted by molar-refractivity contribution is 6.04. The summed E-state index contributed by atoms with van der Waals surface area (Å²) < 4.78 is 0. The number of nitrogens with two attached hydrogens (primary N) is 2. The van der Waals surface area contributed by atoms with Crippen LogP contribution >= 0.6 is 0 Å². The van der Waals surface area contributed by atoms with Gasteiger partial charge in [-0.3, -0.25) is 15.0 Å². The average molecular weight is 648 g/mol. The molecule has 0 atom stereocenters. The first kappa shape index (κ1) is 34.5. The molecule has 0 radical (unpaired) electrons. The number of nitrogen functional groups attached to an aromatic ring is 1. The zero-order chi connectivity index (χ0) is 34.5. The van der Waals surface area contributed by atoms with Gasteiger partial charge < -0.3 is 43.4 Å². The van der Waals surface area contributed by atoms with Gasteiger partial charge in [-0.05, 0) is 97.4 Å². The van der Waals surface area contributed by atoms with Crippen LogP contribution in [0.25, 0.3) is 0 Å². The predicted molar refractivity (Wildman–Crippen MR) is 198 cm³/mol. The minimum atomic E-state index is -0.428. The van der Waals surface area contributed by atoms with Crippen molar-refractivity contribution in [3.63, 3.8) is 0 Å². The van der Waals surface area contributed by atoms with Crippen molar-refractivity contribution >= 4 is 58.0 Å². The van der Waals surface area contributed by atoms with Crippen LogP contribution < -0.4 is 43.4 Å². The van der Waals surface area contributed by atoms with E-state index in [2.05, 4.69) is 46.9 Å². The van der Waals surface area contributed by atoms with Crippen molar-refractivity contribution in [2.75, 3.05) is 61.2 Å². The van der Waals surface area contributed by atoms with Gasteiger partial charge >= 0.3 is 12.1 Å². The molecule has 0 heterocycles. The van der Waals surface area contributed by atoms with E-state index in [4.69, 9.17) is 11.5 Å². The molecule has 4 aromatic rings. The van der Waals surface area contributed by atoms with E-state index in [1.165, 1.54) is 0 Å². The van der Waals surface area contributed by atoms with Crippen LogP contribution in [0, 0.1) is 6.92 Å². The van der Waals surface area contributed by atoms with Gasteiger partial charge in [0.2, 0.25) is 0 Å². The van der Waals surface area contributed by atoms with Gasteiger partial charge in [-0.25, -0.2) is 9.59 Å². The van der Waals surface area contributed by atoms with Crippen molar-refractivity contribution in [1.82, 2.24) is 10.6 Å². The van der Waals surface area contributed by atoms with Crippen LogP contribution in [-0.2, 0) is 0 Å². The van der Waals surface area contributed by atoms with Gasteiger partial charge in [-0.15, -0.1) is 0 Å². The number of aryl methyl sites for hydroxylation is 1. The molecule has 10 N–H and O–H groups in total. The molecule has 0 fully saturated rings. The molecule has 0 saturated carbocycles. The highest BCUT2D eigenvalue weighted by Gasteiger charge is 2.10. The lowest BCUT2D eigenvalue weighted by atomic mass is 10.1. The number of hydrogen-bond acceptors (Lipinski definition) is 6. The number of carbonyl (C=O) groups is 2. The van der Waals surface area contributed by atoms with Crippen LogP contribution in [0.2, 0.25) is 0 Å². The fraction of sp³-hybridized carbons (Fsp3) is 0.171. The average Bonchev–Trinajstić information content (AvgIpc) is 3.08. The molecule has 0 aliphatic carbocycles. The zero-order valence-corrected chi connectivity index (χ0v) is 27.4. The summed E-state index contributed by atoms with van der Waals surface area (Å²) in [5.41, 5.74) is 18.1. The zero-order valence-electron chi connectivity index (χ0n) is 27.4. The Balaban J connectivity index is 1.27. The number of nitrogens with zero attached hydrogens (tertiary/aromatic N) is 3. The Kier molecular flexibility index (Phi) is 12.1. The molecule has 48 heavy (non-hydrogen) atoms. The third-order valence-electron chi connectivity index (χ3n) is 7.15. The van der Waals surface area contributed by atoms with E-state index in [9.17, 15) is 9.59 Å². The molecule has 0 aromatic heterocycles. The first-order valence-electron chi connectivity index (χ1n) is 15.2. The Hall–Kier alpha value is -6.37. The molecule has 0 saturated heterocycles. The van der Waals surface area contributed by atoms with Gasteiger partial charge in [-0.2, -0.15) is 0 Å². The number of rotatable bonds is 10. The van der Waals surface area contributed by atoms with Crippen LogP contribution in [0.5, 0.6) is 0 Å². The Labute approximate surface area is 280 Å². The van der Waals surface area contributed by atoms with Crippen molar-refractivity contribution in [2.24, 2.45) is 20.7 Å². The molecule has 0 bridgehead atoms. The lowest BCUT2D eigenvalue weighted by molar-refractivity contribution is 0.261. The summed E-state index contributed by atoms with van der Waals surface area (Å²) in [6.45, 7) is 2.85. The molecular weight excluding hydrogens is 606 g/mol. The van der Waals surface area contributed by atoms with E-state index in [1.807, 2.05) is 49.4 Å². The first-order valence-corrected chi connectivity index (χ1v) is 15.2. The molecule has 0 unspecified atom stereocenters. The molecular formula is C35H41N11O2. The smallest absolute Gasteiger partial charge is 0.323 e. The Bertz CT molecular complexity index is 1800. The molecule has 4 amide bonds. The minimum absolute atomic E-state index is 0.417. The first-order chi connectivity index (χ1) is 23.2. The lowest BCUT2D eigenvalue weighted by Gasteiger charge is -2.14. The standard InChI is InChI=1S/C35H41N11O2/c1-22-5-14-29(45-34(47)43-27-15-8-24(9-16-27)32(38-2)39-3)21-30(22)46-35(48)44-28-17-10-25(11-18-28)33(40-4)42-20-19-41-31(37)23-6-12-26(36)13-7-23/h5-18,21H,19-20,36H2,1-4H3,(H2,37,41)(H,38,39)(H,40,42)(H2,43,45,47)(H2,44,46,48). The third-order valence-corrected chi connectivity index (χ3v) is 7.15. The number of carbonyl (C=O) groups excluding carboxylic acids is 2. The van der Waals surface area contributed by atoms with Crippen molar-refractivity contribution in [2.45, 2.75) is 6.92 Å². The SMILES string of the molecule is CN=C(NC)c1ccc(NC(=O)Nc2ccc(C)c(NC(=O)Nc3ccc(C(=NC)NCCN=C(N)c4ccc(N)cc4)cc3)c2)cc1. The minimum Gasteiger partial charge on any atom is -0.399 e. The fourth-order valence-corrected chi connectivity index (χ4v) is 4.63. The Morgan fingerprint density at radius 2 is 1.17 bits per heavy atom. The Morgan fingerprint density at radius 3 is 1.73 bits per heavy atom. The van der Waals surface area contributed by atoms with Gasteiger partial charge in [0.05, 0.1) is 6.54 Å². The quantitative estimate of drug-likeness (QED) is 0.0525. The second-order valence-electron chi connectivity index (χ2n) is 10.6. The largest absolute Gasteiger partial charge is 0.399 e. The number of nitrogens with one attached hydrogen (secondary N) is 6.